The minimum absolute atomic E-state index is 0.273. The van der Waals surface area contributed by atoms with Crippen molar-refractivity contribution in [3.63, 3.8) is 0 Å². The van der Waals surface area contributed by atoms with E-state index in [2.05, 4.69) is 26.9 Å². The highest BCUT2D eigenvalue weighted by atomic mass is 32.1. The first-order valence-electron chi connectivity index (χ1n) is 6.29. The molecule has 0 bridgehead atoms. The van der Waals surface area contributed by atoms with E-state index in [1.165, 1.54) is 18.4 Å². The van der Waals surface area contributed by atoms with E-state index >= 15 is 0 Å². The fourth-order valence-corrected chi connectivity index (χ4v) is 2.76. The molecule has 2 rings (SSSR count). The Morgan fingerprint density at radius 3 is 3.05 bits per heavy atom. The summed E-state index contributed by atoms with van der Waals surface area (Å²) >= 11 is 1.42. The van der Waals surface area contributed by atoms with E-state index < -0.39 is 5.97 Å². The number of aromatic nitrogens is 1. The summed E-state index contributed by atoms with van der Waals surface area (Å²) in [5.74, 6) is -0.398. The van der Waals surface area contributed by atoms with Gasteiger partial charge in [-0.15, -0.1) is 11.3 Å². The summed E-state index contributed by atoms with van der Waals surface area (Å²) < 4.78 is 9.95. The number of carbonyl (C=O) groups is 1. The van der Waals surface area contributed by atoms with Gasteiger partial charge in [-0.2, -0.15) is 0 Å². The highest BCUT2D eigenvalue weighted by Crippen LogP contribution is 2.17. The molecule has 1 aromatic heterocycles. The molecule has 1 aromatic rings. The van der Waals surface area contributed by atoms with E-state index in [0.717, 1.165) is 38.0 Å². The van der Waals surface area contributed by atoms with Crippen LogP contribution < -0.4 is 5.32 Å². The molecule has 19 heavy (non-hydrogen) atoms. The lowest BCUT2D eigenvalue weighted by Crippen LogP contribution is -2.42. The molecule has 0 spiro atoms. The average Bonchev–Trinajstić information content (AvgIpc) is 2.87. The molecule has 2 heterocycles. The monoisotopic (exact) mass is 285 g/mol. The van der Waals surface area contributed by atoms with E-state index in [4.69, 9.17) is 4.74 Å². The Kier molecular flexibility index (Phi) is 5.12. The predicted octanol–water partition coefficient (Wildman–Crippen LogP) is 1.06. The number of carbonyl (C=O) groups excluding carboxylic acids is 1. The maximum atomic E-state index is 11.3. The highest BCUT2D eigenvalue weighted by Gasteiger charge is 2.15. The minimum Gasteiger partial charge on any atom is -0.464 e. The zero-order valence-corrected chi connectivity index (χ0v) is 12.0. The van der Waals surface area contributed by atoms with Crippen molar-refractivity contribution >= 4 is 22.4 Å². The zero-order valence-electron chi connectivity index (χ0n) is 11.2. The fourth-order valence-electron chi connectivity index (χ4n) is 1.97. The summed E-state index contributed by atoms with van der Waals surface area (Å²) in [6.45, 7) is 6.59. The predicted molar refractivity (Wildman–Crippen MR) is 73.8 cm³/mol. The van der Waals surface area contributed by atoms with Crippen LogP contribution in [-0.2, 0) is 9.47 Å². The van der Waals surface area contributed by atoms with Crippen molar-refractivity contribution in [2.45, 2.75) is 13.0 Å². The van der Waals surface area contributed by atoms with Gasteiger partial charge in [-0.25, -0.2) is 9.78 Å². The van der Waals surface area contributed by atoms with Crippen molar-refractivity contribution in [1.29, 1.82) is 0 Å². The zero-order chi connectivity index (χ0) is 13.7. The molecule has 1 aliphatic rings. The lowest BCUT2D eigenvalue weighted by atomic mass is 10.3. The second-order valence-electron chi connectivity index (χ2n) is 4.49. The molecular weight excluding hydrogens is 266 g/mol. The van der Waals surface area contributed by atoms with Gasteiger partial charge in [0, 0.05) is 31.1 Å². The van der Waals surface area contributed by atoms with Gasteiger partial charge in [-0.05, 0) is 6.92 Å². The third-order valence-electron chi connectivity index (χ3n) is 2.90. The molecule has 0 aromatic carbocycles. The van der Waals surface area contributed by atoms with Crippen LogP contribution in [0.3, 0.4) is 0 Å². The Morgan fingerprint density at radius 2 is 2.37 bits per heavy atom. The van der Waals surface area contributed by atoms with Crippen LogP contribution in [0.5, 0.6) is 0 Å². The molecule has 0 saturated carbocycles. The second kappa shape index (κ2) is 6.83. The number of ether oxygens (including phenoxy) is 2. The summed E-state index contributed by atoms with van der Waals surface area (Å²) in [7, 11) is 1.36. The second-order valence-corrected chi connectivity index (χ2v) is 5.35. The van der Waals surface area contributed by atoms with E-state index in [0.29, 0.717) is 5.69 Å². The maximum absolute atomic E-state index is 11.3. The number of thiazole rings is 1. The first-order valence-corrected chi connectivity index (χ1v) is 7.17. The van der Waals surface area contributed by atoms with Crippen LogP contribution in [0, 0.1) is 0 Å². The van der Waals surface area contributed by atoms with Crippen LogP contribution in [0.25, 0.3) is 0 Å². The summed E-state index contributed by atoms with van der Waals surface area (Å²) in [6.07, 6.45) is 0. The van der Waals surface area contributed by atoms with E-state index in [1.807, 2.05) is 0 Å². The number of anilines is 1. The van der Waals surface area contributed by atoms with Gasteiger partial charge in [0.1, 0.15) is 0 Å². The Hall–Kier alpha value is -1.18. The lowest BCUT2D eigenvalue weighted by Gasteiger charge is -2.29. The van der Waals surface area contributed by atoms with E-state index in [1.54, 1.807) is 5.38 Å². The topological polar surface area (TPSA) is 63.7 Å². The first kappa shape index (κ1) is 14.2. The van der Waals surface area contributed by atoms with Gasteiger partial charge in [0.05, 0.1) is 20.3 Å². The number of morpholine rings is 1. The maximum Gasteiger partial charge on any atom is 0.357 e. The Bertz CT molecular complexity index is 418. The minimum atomic E-state index is -0.398. The molecule has 1 fully saturated rings. The molecule has 0 amide bonds. The standard InChI is InChI=1S/C12H19N3O3S/c1-9(7-15-3-5-18-6-4-15)13-12-14-10(8-19-12)11(16)17-2/h8-9H,3-7H2,1-2H3,(H,13,14). The van der Waals surface area contributed by atoms with Crippen LogP contribution >= 0.6 is 11.3 Å². The van der Waals surface area contributed by atoms with Gasteiger partial charge in [-0.3, -0.25) is 4.90 Å². The SMILES string of the molecule is COC(=O)c1csc(NC(C)CN2CCOCC2)n1. The van der Waals surface area contributed by atoms with Crippen LogP contribution in [-0.4, -0.2) is 61.9 Å². The number of methoxy groups -OCH3 is 1. The highest BCUT2D eigenvalue weighted by molar-refractivity contribution is 7.13. The Morgan fingerprint density at radius 1 is 1.63 bits per heavy atom. The smallest absolute Gasteiger partial charge is 0.357 e. The lowest BCUT2D eigenvalue weighted by molar-refractivity contribution is 0.0368. The largest absolute Gasteiger partial charge is 0.464 e. The molecule has 1 N–H and O–H groups in total. The molecule has 6 nitrogen and oxygen atoms in total. The molecule has 1 atom stereocenters. The number of nitrogens with one attached hydrogen (secondary N) is 1. The van der Waals surface area contributed by atoms with Crippen LogP contribution in [0.2, 0.25) is 0 Å². The summed E-state index contributed by atoms with van der Waals surface area (Å²) in [5.41, 5.74) is 0.355. The normalized spacial score (nSPS) is 18.0. The molecule has 1 aliphatic heterocycles. The number of rotatable bonds is 5. The quantitative estimate of drug-likeness (QED) is 0.816. The average molecular weight is 285 g/mol. The van der Waals surface area contributed by atoms with Gasteiger partial charge in [0.25, 0.3) is 0 Å². The van der Waals surface area contributed by atoms with E-state index in [-0.39, 0.29) is 6.04 Å². The van der Waals surface area contributed by atoms with Crippen LogP contribution in [0.15, 0.2) is 5.38 Å². The molecule has 106 valence electrons. The van der Waals surface area contributed by atoms with Crippen LogP contribution in [0.4, 0.5) is 5.13 Å². The third kappa shape index (κ3) is 4.15. The Balaban J connectivity index is 1.82. The summed E-state index contributed by atoms with van der Waals surface area (Å²) in [5, 5.41) is 5.76. The summed E-state index contributed by atoms with van der Waals surface area (Å²) in [4.78, 5) is 17.9. The van der Waals surface area contributed by atoms with Crippen LogP contribution in [0.1, 0.15) is 17.4 Å². The number of nitrogens with zero attached hydrogens (tertiary/aromatic N) is 2. The number of hydrogen-bond acceptors (Lipinski definition) is 7. The van der Waals surface area contributed by atoms with Gasteiger partial charge < -0.3 is 14.8 Å². The first-order chi connectivity index (χ1) is 9.19. The molecule has 0 radical (unpaired) electrons. The van der Waals surface area contributed by atoms with Crippen molar-refractivity contribution in [3.05, 3.63) is 11.1 Å². The molecule has 0 aliphatic carbocycles. The summed E-state index contributed by atoms with van der Waals surface area (Å²) in [6, 6.07) is 0.273. The third-order valence-corrected chi connectivity index (χ3v) is 3.68. The molecule has 1 saturated heterocycles. The Labute approximate surface area is 116 Å². The van der Waals surface area contributed by atoms with Crippen molar-refractivity contribution in [1.82, 2.24) is 9.88 Å². The molecular formula is C12H19N3O3S. The number of hydrogen-bond donors (Lipinski definition) is 1. The van der Waals surface area contributed by atoms with Gasteiger partial charge in [0.15, 0.2) is 10.8 Å². The van der Waals surface area contributed by atoms with Gasteiger partial charge >= 0.3 is 5.97 Å². The molecule has 1 unspecified atom stereocenters. The van der Waals surface area contributed by atoms with Crippen molar-refractivity contribution in [2.75, 3.05) is 45.3 Å². The van der Waals surface area contributed by atoms with Gasteiger partial charge in [0.2, 0.25) is 0 Å². The van der Waals surface area contributed by atoms with Gasteiger partial charge in [-0.1, -0.05) is 0 Å². The van der Waals surface area contributed by atoms with Crippen molar-refractivity contribution < 1.29 is 14.3 Å². The van der Waals surface area contributed by atoms with E-state index in [9.17, 15) is 4.79 Å². The molecule has 7 heteroatoms. The fraction of sp³-hybridized carbons (Fsp3) is 0.667. The van der Waals surface area contributed by atoms with Crippen molar-refractivity contribution in [3.8, 4) is 0 Å². The van der Waals surface area contributed by atoms with Crippen molar-refractivity contribution in [2.24, 2.45) is 0 Å². The number of esters is 1.